The van der Waals surface area contributed by atoms with Crippen LogP contribution in [0.3, 0.4) is 0 Å². The van der Waals surface area contributed by atoms with Gasteiger partial charge in [0.2, 0.25) is 29.7 Å². The highest BCUT2D eigenvalue weighted by Crippen LogP contribution is 2.39. The molecule has 15 aromatic rings. The first-order valence-corrected chi connectivity index (χ1v) is 50.4. The van der Waals surface area contributed by atoms with E-state index in [1.807, 2.05) is 105 Å². The minimum absolute atomic E-state index is 0.0199. The molecule has 1 aliphatic rings. The zero-order chi connectivity index (χ0) is 108. The predicted molar refractivity (Wildman–Crippen MR) is 582 cm³/mol. The lowest BCUT2D eigenvalue weighted by atomic mass is 9.97. The van der Waals surface area contributed by atoms with Gasteiger partial charge in [0.1, 0.15) is 56.3 Å². The van der Waals surface area contributed by atoms with E-state index in [1.54, 1.807) is 52.5 Å². The molecule has 44 heteroatoms. The number of morpholine rings is 1. The van der Waals surface area contributed by atoms with Gasteiger partial charge in [-0.3, -0.25) is 29.8 Å². The molecule has 1 atom stereocenters. The van der Waals surface area contributed by atoms with Gasteiger partial charge in [-0.25, -0.2) is 29.3 Å². The minimum Gasteiger partial charge on any atom is -0.496 e. The highest BCUT2D eigenvalue weighted by atomic mass is 35.5. The molecular weight excluding hydrogens is 2000 g/mol. The van der Waals surface area contributed by atoms with Crippen LogP contribution in [0.1, 0.15) is 174 Å². The van der Waals surface area contributed by atoms with Crippen molar-refractivity contribution in [2.24, 2.45) is 5.41 Å². The standard InChI is InChI=1S/C22H29ClN6O3.C22H31ClN6O.C21H29ClN6O.C20H27ClN6O.C19H19ClF3N5O/c1-13-9-25-17(14(2)20(13)31-3)8-15-10-29(19-18(15)26-22(24)27-21(19)23)12-16(30)11-28-4-6-32-7-5-28;1-13-10-26-16(14(2)19(13)30-6)9-15-11-29(8-7-25-12-22(3,4)5)18-17(15)27-21(24)28-20(18)23;1-12-10-24-15(13(2)18(12)29-6)9-14-11-28(8-7-25-21(3,4)5)17-16(14)26-20(23)27-19(17)22;1-11(2)23-6-7-27-10-14(16-17(27)19(21)26-20(22)25-16)8-15-13(4)18(28-5)12(3)9-24-15;1-9-7-25-13(10(2)16(9)29-3)6-11-8-28(5-4-12(21)18(22)23)15-14(11)26-19(24)27-17(15)20/h9-10,16,30H,4-8,11-12H2,1-3H3,(H2,24,26,27);10-11,25H,7-9,12H2,1-6H3,(H2,24,27,28);10-11,25H,7-9H2,1-6H3,(H2,23,26,27);9-11,23H,6-8H2,1-5H3,(H2,22,25,26);7-8H,4-6H2,1-3H3,(H2,24,26,27). The second kappa shape index (κ2) is 50.3. The van der Waals surface area contributed by atoms with Gasteiger partial charge in [0, 0.05) is 268 Å². The number of methoxy groups -OCH3 is 5. The Kier molecular flexibility index (Phi) is 38.8. The SMILES string of the molecule is COc1c(C)cnc(Cc2cn(CC(O)CN3CCOCC3)c3c(Cl)nc(N)nc23)c1C.COc1c(C)cnc(Cc2cn(CCC(F)=C(F)F)c3c(Cl)nc(N)nc23)c1C.COc1c(C)cnc(Cc2cn(CCNC(C)(C)C)c3c(Cl)nc(N)nc23)c1C.COc1c(C)cnc(Cc2cn(CCNC(C)C)c3c(Cl)nc(N)nc23)c1C.COc1c(C)cnc(Cc2cn(CCNCC(C)(C)C)c3c(Cl)nc(N)nc23)c1C. The van der Waals surface area contributed by atoms with E-state index < -0.39 is 24.4 Å². The first-order valence-electron chi connectivity index (χ1n) is 48.5. The number of aliphatic hydroxyl groups excluding tert-OH is 1. The first-order chi connectivity index (χ1) is 70.1. The van der Waals surface area contributed by atoms with Crippen molar-refractivity contribution in [2.75, 3.05) is 123 Å². The normalized spacial score (nSPS) is 12.6. The average Bonchev–Trinajstić information content (AvgIpc) is 1.66. The van der Waals surface area contributed by atoms with E-state index >= 15 is 0 Å². The smallest absolute Gasteiger partial charge is 0.301 e. The molecule has 1 unspecified atom stereocenters. The van der Waals surface area contributed by atoms with Crippen molar-refractivity contribution < 1.29 is 46.7 Å². The molecule has 0 aromatic carbocycles. The van der Waals surface area contributed by atoms with Gasteiger partial charge in [0.15, 0.2) is 31.6 Å². The number of anilines is 5. The lowest BCUT2D eigenvalue weighted by Crippen LogP contribution is -2.41. The number of hydrogen-bond donors (Lipinski definition) is 9. The molecule has 1 saturated heterocycles. The fourth-order valence-electron chi connectivity index (χ4n) is 18.2. The number of β-amino-alcohol motifs (C(OH)–C–C–N with tert-alkyl or cyclic N) is 1. The number of ether oxygens (including phenoxy) is 6. The number of pyridine rings is 5. The molecule has 16 rings (SSSR count). The first kappa shape index (κ1) is 114. The summed E-state index contributed by atoms with van der Waals surface area (Å²) in [6.45, 7) is 46.6. The number of allylic oxidation sites excluding steroid dienone is 1. The topological polar surface area (TPSA) is 463 Å². The molecule has 0 saturated carbocycles. The van der Waals surface area contributed by atoms with E-state index in [9.17, 15) is 18.3 Å². The summed E-state index contributed by atoms with van der Waals surface area (Å²) in [6, 6.07) is 0.413. The van der Waals surface area contributed by atoms with Crippen LogP contribution in [0.5, 0.6) is 28.7 Å². The quantitative estimate of drug-likeness (QED) is 0.0136. The second-order valence-corrected chi connectivity index (χ2v) is 41.0. The molecule has 794 valence electrons. The van der Waals surface area contributed by atoms with E-state index in [0.717, 1.165) is 227 Å². The zero-order valence-corrected chi connectivity index (χ0v) is 92.0. The highest BCUT2D eigenvalue weighted by molar-refractivity contribution is 6.35. The zero-order valence-electron chi connectivity index (χ0n) is 88.3. The van der Waals surface area contributed by atoms with Crippen LogP contribution < -0.4 is 68.3 Å². The number of fused-ring (bicyclic) bond motifs is 5. The Balaban J connectivity index is 0.000000164. The Hall–Kier alpha value is -12.4. The fraction of sp³-hybridized carbons (Fsp3) is 0.452. The van der Waals surface area contributed by atoms with Crippen LogP contribution in [0.2, 0.25) is 25.8 Å². The van der Waals surface area contributed by atoms with Crippen LogP contribution in [0, 0.1) is 74.7 Å². The summed E-state index contributed by atoms with van der Waals surface area (Å²) >= 11 is 32.0. The third-order valence-electron chi connectivity index (χ3n) is 25.2. The molecule has 15 aromatic heterocycles. The fourth-order valence-corrected chi connectivity index (χ4v) is 19.6. The number of halogens is 8. The lowest BCUT2D eigenvalue weighted by Gasteiger charge is -2.28. The Bertz CT molecular complexity index is 7290. The van der Waals surface area contributed by atoms with Crippen molar-refractivity contribution >= 4 is 143 Å². The molecule has 0 aliphatic carbocycles. The molecule has 36 nitrogen and oxygen atoms in total. The molecule has 14 N–H and O–H groups in total. The molecule has 0 radical (unpaired) electrons. The van der Waals surface area contributed by atoms with Crippen molar-refractivity contribution in [2.45, 2.75) is 214 Å². The Morgan fingerprint density at radius 3 is 0.939 bits per heavy atom. The number of aliphatic hydroxyl groups is 1. The summed E-state index contributed by atoms with van der Waals surface area (Å²) in [5.41, 5.74) is 55.4. The number of nitrogens with zero attached hydrogens (tertiary/aromatic N) is 21. The van der Waals surface area contributed by atoms with E-state index in [1.165, 1.54) is 0 Å². The van der Waals surface area contributed by atoms with E-state index in [4.69, 9.17) is 115 Å². The van der Waals surface area contributed by atoms with Crippen molar-refractivity contribution in [3.05, 3.63) is 212 Å². The Morgan fingerprint density at radius 2 is 0.669 bits per heavy atom. The van der Waals surface area contributed by atoms with Gasteiger partial charge in [-0.2, -0.15) is 33.7 Å². The molecule has 148 heavy (non-hydrogen) atoms. The molecular formula is C104H135Cl5F3N29O7. The molecule has 0 amide bonds. The molecule has 0 spiro atoms. The van der Waals surface area contributed by atoms with Crippen LogP contribution in [0.25, 0.3) is 55.2 Å². The van der Waals surface area contributed by atoms with Crippen molar-refractivity contribution in [3.63, 3.8) is 0 Å². The molecule has 16 heterocycles. The summed E-state index contributed by atoms with van der Waals surface area (Å²) in [7, 11) is 8.30. The summed E-state index contributed by atoms with van der Waals surface area (Å²) in [4.78, 5) is 67.8. The average molecular weight is 2140 g/mol. The van der Waals surface area contributed by atoms with Gasteiger partial charge in [-0.05, 0) is 95.4 Å². The van der Waals surface area contributed by atoms with Crippen molar-refractivity contribution in [1.29, 1.82) is 0 Å². The Labute approximate surface area is 885 Å². The summed E-state index contributed by atoms with van der Waals surface area (Å²) in [5.74, 6) is 3.27. The van der Waals surface area contributed by atoms with Crippen molar-refractivity contribution in [3.8, 4) is 28.7 Å². The number of aromatic nitrogens is 20. The van der Waals surface area contributed by atoms with Crippen molar-refractivity contribution in [1.82, 2.24) is 118 Å². The van der Waals surface area contributed by atoms with Crippen LogP contribution in [-0.4, -0.2) is 220 Å². The van der Waals surface area contributed by atoms with E-state index in [-0.39, 0.29) is 57.5 Å². The minimum atomic E-state index is -2.33. The van der Waals surface area contributed by atoms with Crippen LogP contribution in [-0.2, 0) is 69.6 Å². The van der Waals surface area contributed by atoms with Gasteiger partial charge < -0.3 is 101 Å². The molecule has 0 bridgehead atoms. The molecule has 1 aliphatic heterocycles. The van der Waals surface area contributed by atoms with Gasteiger partial charge in [0.05, 0.1) is 117 Å². The number of nitrogens with one attached hydrogen (secondary N) is 3. The maximum Gasteiger partial charge on any atom is 0.301 e. The van der Waals surface area contributed by atoms with Gasteiger partial charge >= 0.3 is 6.08 Å². The van der Waals surface area contributed by atoms with E-state index in [0.29, 0.717) is 108 Å². The number of aryl methyl sites for hydroxylation is 6. The third kappa shape index (κ3) is 28.2. The van der Waals surface area contributed by atoms with Crippen LogP contribution in [0.15, 0.2) is 73.9 Å². The molecule has 1 fully saturated rings. The summed E-state index contributed by atoms with van der Waals surface area (Å²) in [6.07, 6.45) is 18.2. The number of nitrogen functional groups attached to an aromatic ring is 5. The largest absolute Gasteiger partial charge is 0.496 e. The summed E-state index contributed by atoms with van der Waals surface area (Å²) in [5, 5.41) is 22.6. The maximum atomic E-state index is 13.3. The van der Waals surface area contributed by atoms with Gasteiger partial charge in [-0.1, -0.05) is 92.6 Å². The predicted octanol–water partition coefficient (Wildman–Crippen LogP) is 17.6. The number of nitrogens with two attached hydrogens (primary N) is 5. The Morgan fingerprint density at radius 1 is 0.399 bits per heavy atom. The highest BCUT2D eigenvalue weighted by Gasteiger charge is 2.29. The second-order valence-electron chi connectivity index (χ2n) is 39.2. The van der Waals surface area contributed by atoms with Gasteiger partial charge in [0.25, 0.3) is 0 Å². The number of rotatable bonds is 33. The third-order valence-corrected chi connectivity index (χ3v) is 26.5. The van der Waals surface area contributed by atoms with Crippen LogP contribution >= 0.6 is 58.0 Å². The maximum absolute atomic E-state index is 13.3. The lowest BCUT2D eigenvalue weighted by molar-refractivity contribution is 0.0117. The monoisotopic (exact) mass is 2130 g/mol. The summed E-state index contributed by atoms with van der Waals surface area (Å²) < 4.78 is 80.9. The van der Waals surface area contributed by atoms with Crippen LogP contribution in [0.4, 0.5) is 42.9 Å². The number of hydrogen-bond acceptors (Lipinski definition) is 31. The van der Waals surface area contributed by atoms with Gasteiger partial charge in [-0.15, -0.1) is 0 Å². The van der Waals surface area contributed by atoms with E-state index in [2.05, 4.69) is 183 Å².